The molecule has 0 aliphatic carbocycles. The van der Waals surface area contributed by atoms with E-state index in [4.69, 9.17) is 10.6 Å². The van der Waals surface area contributed by atoms with E-state index in [1.807, 2.05) is 0 Å². The Morgan fingerprint density at radius 2 is 1.95 bits per heavy atom. The van der Waals surface area contributed by atoms with Crippen LogP contribution in [-0.2, 0) is 10.0 Å². The van der Waals surface area contributed by atoms with Gasteiger partial charge in [0.1, 0.15) is 10.6 Å². The number of nitrogens with zero attached hydrogens (tertiary/aromatic N) is 2. The molecule has 0 bridgehead atoms. The fourth-order valence-corrected chi connectivity index (χ4v) is 2.95. The van der Waals surface area contributed by atoms with Crippen molar-refractivity contribution in [1.29, 1.82) is 0 Å². The number of nitrogens with two attached hydrogens (primary N) is 1. The van der Waals surface area contributed by atoms with E-state index in [1.165, 1.54) is 7.11 Å². The number of halogens is 1. The average molecular weight is 374 g/mol. The molecule has 0 aliphatic heterocycles. The van der Waals surface area contributed by atoms with Gasteiger partial charge in [-0.1, -0.05) is 0 Å². The van der Waals surface area contributed by atoms with Gasteiger partial charge in [-0.2, -0.15) is 0 Å². The number of nitrogen functional groups attached to an aromatic ring is 1. The summed E-state index contributed by atoms with van der Waals surface area (Å²) >= 11 is 3.28. The minimum atomic E-state index is -3.78. The standard InChI is InChI=1S/C11H12BrN5O3S/c1-20-10-3-2-7(4-9(10)12)17-21(18,19)8-5-14-11(16-13)15-6-8/h2-6,17H,13H2,1H3,(H,14,15,16). The van der Waals surface area contributed by atoms with Crippen molar-refractivity contribution in [3.05, 3.63) is 35.1 Å². The number of aromatic nitrogens is 2. The summed E-state index contributed by atoms with van der Waals surface area (Å²) in [6.07, 6.45) is 2.31. The lowest BCUT2D eigenvalue weighted by Gasteiger charge is -2.10. The molecule has 0 unspecified atom stereocenters. The van der Waals surface area contributed by atoms with Crippen molar-refractivity contribution >= 4 is 37.6 Å². The Balaban J connectivity index is 2.26. The molecule has 0 radical (unpaired) electrons. The van der Waals surface area contributed by atoms with E-state index >= 15 is 0 Å². The lowest BCUT2D eigenvalue weighted by molar-refractivity contribution is 0.412. The van der Waals surface area contributed by atoms with Gasteiger partial charge < -0.3 is 4.74 Å². The quantitative estimate of drug-likeness (QED) is 0.534. The van der Waals surface area contributed by atoms with Crippen molar-refractivity contribution in [3.8, 4) is 5.75 Å². The molecule has 0 fully saturated rings. The Hall–Kier alpha value is -1.91. The smallest absolute Gasteiger partial charge is 0.264 e. The second kappa shape index (κ2) is 6.24. The number of hydrogen-bond donors (Lipinski definition) is 3. The molecule has 112 valence electrons. The number of ether oxygens (including phenoxy) is 1. The van der Waals surface area contributed by atoms with E-state index in [0.29, 0.717) is 15.9 Å². The average Bonchev–Trinajstić information content (AvgIpc) is 2.47. The number of rotatable bonds is 5. The molecule has 0 aliphatic rings. The Labute approximate surface area is 129 Å². The number of nitrogens with one attached hydrogen (secondary N) is 2. The molecule has 1 heterocycles. The van der Waals surface area contributed by atoms with Crippen LogP contribution < -0.4 is 20.7 Å². The normalized spacial score (nSPS) is 11.0. The SMILES string of the molecule is COc1ccc(NS(=O)(=O)c2cnc(NN)nc2)cc1Br. The molecule has 4 N–H and O–H groups in total. The van der Waals surface area contributed by atoms with Gasteiger partial charge in [0.25, 0.3) is 10.0 Å². The van der Waals surface area contributed by atoms with Crippen molar-refractivity contribution in [2.24, 2.45) is 5.84 Å². The first-order valence-corrected chi connectivity index (χ1v) is 7.89. The molecule has 2 rings (SSSR count). The topological polar surface area (TPSA) is 119 Å². The summed E-state index contributed by atoms with van der Waals surface area (Å²) in [5.41, 5.74) is 2.60. The van der Waals surface area contributed by atoms with E-state index in [-0.39, 0.29) is 10.8 Å². The van der Waals surface area contributed by atoms with Gasteiger partial charge >= 0.3 is 0 Å². The highest BCUT2D eigenvalue weighted by Gasteiger charge is 2.16. The lowest BCUT2D eigenvalue weighted by Crippen LogP contribution is -2.15. The lowest BCUT2D eigenvalue weighted by atomic mass is 10.3. The molecule has 1 aromatic carbocycles. The van der Waals surface area contributed by atoms with Crippen molar-refractivity contribution in [2.45, 2.75) is 4.90 Å². The Bertz CT molecular complexity index is 736. The second-order valence-electron chi connectivity index (χ2n) is 3.84. The molecule has 0 atom stereocenters. The van der Waals surface area contributed by atoms with Gasteiger partial charge in [-0.25, -0.2) is 24.2 Å². The third-order valence-electron chi connectivity index (χ3n) is 2.47. The molecular weight excluding hydrogens is 362 g/mol. The van der Waals surface area contributed by atoms with Gasteiger partial charge in [0.15, 0.2) is 0 Å². The van der Waals surface area contributed by atoms with Crippen LogP contribution in [0.15, 0.2) is 40.0 Å². The summed E-state index contributed by atoms with van der Waals surface area (Å²) in [5.74, 6) is 5.84. The van der Waals surface area contributed by atoms with Crippen molar-refractivity contribution in [1.82, 2.24) is 9.97 Å². The van der Waals surface area contributed by atoms with E-state index < -0.39 is 10.0 Å². The predicted octanol–water partition coefficient (Wildman–Crippen LogP) is 1.33. The number of benzene rings is 1. The summed E-state index contributed by atoms with van der Waals surface area (Å²) in [7, 11) is -2.26. The summed E-state index contributed by atoms with van der Waals surface area (Å²) in [5, 5.41) is 0. The van der Waals surface area contributed by atoms with E-state index in [9.17, 15) is 8.42 Å². The second-order valence-corrected chi connectivity index (χ2v) is 6.38. The molecule has 0 spiro atoms. The molecule has 0 saturated heterocycles. The minimum absolute atomic E-state index is 0.0755. The summed E-state index contributed by atoms with van der Waals surface area (Å²) in [6.45, 7) is 0. The number of methoxy groups -OCH3 is 1. The first-order chi connectivity index (χ1) is 9.96. The molecule has 0 saturated carbocycles. The molecular formula is C11H12BrN5O3S. The van der Waals surface area contributed by atoms with Gasteiger partial charge in [0.05, 0.1) is 29.7 Å². The van der Waals surface area contributed by atoms with Crippen LogP contribution in [-0.4, -0.2) is 25.5 Å². The predicted molar refractivity (Wildman–Crippen MR) is 81.3 cm³/mol. The van der Waals surface area contributed by atoms with Crippen LogP contribution in [0.5, 0.6) is 5.75 Å². The molecule has 10 heteroatoms. The zero-order valence-corrected chi connectivity index (χ0v) is 13.3. The zero-order chi connectivity index (χ0) is 15.5. The first-order valence-electron chi connectivity index (χ1n) is 5.61. The zero-order valence-electron chi connectivity index (χ0n) is 10.9. The van der Waals surface area contributed by atoms with E-state index in [0.717, 1.165) is 12.4 Å². The summed E-state index contributed by atoms with van der Waals surface area (Å²) < 4.78 is 32.5. The highest BCUT2D eigenvalue weighted by Crippen LogP contribution is 2.28. The number of sulfonamides is 1. The minimum Gasteiger partial charge on any atom is -0.496 e. The van der Waals surface area contributed by atoms with Gasteiger partial charge in [-0.05, 0) is 34.1 Å². The summed E-state index contributed by atoms with van der Waals surface area (Å²) in [4.78, 5) is 7.43. The Morgan fingerprint density at radius 1 is 1.29 bits per heavy atom. The molecule has 2 aromatic rings. The van der Waals surface area contributed by atoms with Crippen molar-refractivity contribution in [3.63, 3.8) is 0 Å². The van der Waals surface area contributed by atoms with E-state index in [1.54, 1.807) is 18.2 Å². The maximum Gasteiger partial charge on any atom is 0.264 e. The number of hydrogen-bond acceptors (Lipinski definition) is 7. The Kier molecular flexibility index (Phi) is 4.60. The molecule has 0 amide bonds. The van der Waals surface area contributed by atoms with Crippen LogP contribution in [0.25, 0.3) is 0 Å². The van der Waals surface area contributed by atoms with Crippen molar-refractivity contribution < 1.29 is 13.2 Å². The fourth-order valence-electron chi connectivity index (χ4n) is 1.47. The maximum absolute atomic E-state index is 12.2. The first kappa shape index (κ1) is 15.5. The third kappa shape index (κ3) is 3.60. The summed E-state index contributed by atoms with van der Waals surface area (Å²) in [6, 6.07) is 4.81. The molecule has 1 aromatic heterocycles. The molecule has 21 heavy (non-hydrogen) atoms. The van der Waals surface area contributed by atoms with Crippen LogP contribution in [0.4, 0.5) is 11.6 Å². The van der Waals surface area contributed by atoms with Crippen LogP contribution in [0.1, 0.15) is 0 Å². The van der Waals surface area contributed by atoms with Gasteiger partial charge in [-0.15, -0.1) is 0 Å². The van der Waals surface area contributed by atoms with E-state index in [2.05, 4.69) is 36.0 Å². The van der Waals surface area contributed by atoms with Crippen LogP contribution >= 0.6 is 15.9 Å². The molecule has 8 nitrogen and oxygen atoms in total. The highest BCUT2D eigenvalue weighted by atomic mass is 79.9. The highest BCUT2D eigenvalue weighted by molar-refractivity contribution is 9.10. The number of hydrazine groups is 1. The van der Waals surface area contributed by atoms with Crippen LogP contribution in [0.2, 0.25) is 0 Å². The van der Waals surface area contributed by atoms with Crippen molar-refractivity contribution in [2.75, 3.05) is 17.3 Å². The third-order valence-corrected chi connectivity index (χ3v) is 4.43. The number of anilines is 2. The largest absolute Gasteiger partial charge is 0.496 e. The van der Waals surface area contributed by atoms with Crippen LogP contribution in [0, 0.1) is 0 Å². The van der Waals surface area contributed by atoms with Gasteiger partial charge in [0, 0.05) is 0 Å². The van der Waals surface area contributed by atoms with Crippen LogP contribution in [0.3, 0.4) is 0 Å². The van der Waals surface area contributed by atoms with Gasteiger partial charge in [0.2, 0.25) is 5.95 Å². The fraction of sp³-hybridized carbons (Fsp3) is 0.0909. The monoisotopic (exact) mass is 373 g/mol. The Morgan fingerprint density at radius 3 is 2.48 bits per heavy atom. The van der Waals surface area contributed by atoms with Gasteiger partial charge in [-0.3, -0.25) is 10.1 Å². The maximum atomic E-state index is 12.2.